The topological polar surface area (TPSA) is 95.7 Å². The maximum absolute atomic E-state index is 12.9. The van der Waals surface area contributed by atoms with E-state index in [4.69, 9.17) is 24.9 Å². The molecule has 0 atom stereocenters. The second-order valence-electron chi connectivity index (χ2n) is 7.29. The Bertz CT molecular complexity index is 1250. The summed E-state index contributed by atoms with van der Waals surface area (Å²) in [6.07, 6.45) is -0.540. The fourth-order valence-electron chi connectivity index (χ4n) is 3.56. The molecule has 33 heavy (non-hydrogen) atoms. The molecular weight excluding hydrogens is 438 g/mol. The second kappa shape index (κ2) is 9.99. The van der Waals surface area contributed by atoms with E-state index in [0.29, 0.717) is 15.4 Å². The van der Waals surface area contributed by atoms with Gasteiger partial charge >= 0.3 is 0 Å². The minimum atomic E-state index is -0.540. The molecule has 1 amide bonds. The summed E-state index contributed by atoms with van der Waals surface area (Å²) >= 11 is 1.27. The third kappa shape index (κ3) is 4.68. The molecule has 0 fully saturated rings. The molecule has 0 aliphatic rings. The maximum atomic E-state index is 12.9. The lowest BCUT2D eigenvalue weighted by Crippen LogP contribution is -2.34. The molecule has 0 unspecified atom stereocenters. The molecule has 8 heteroatoms. The fourth-order valence-corrected chi connectivity index (χ4v) is 4.60. The van der Waals surface area contributed by atoms with Crippen LogP contribution in [0.3, 0.4) is 0 Å². The zero-order chi connectivity index (χ0) is 23.4. The van der Waals surface area contributed by atoms with Gasteiger partial charge in [-0.25, -0.2) is 4.98 Å². The number of benzene rings is 2. The fraction of sp³-hybridized carbons (Fsp3) is 0.200. The molecule has 0 spiro atoms. The summed E-state index contributed by atoms with van der Waals surface area (Å²) in [6.45, 7) is 0.202. The number of hydrogen-bond acceptors (Lipinski definition) is 7. The number of nitrogens with zero attached hydrogens (tertiary/aromatic N) is 1. The zero-order valence-corrected chi connectivity index (χ0v) is 19.4. The van der Waals surface area contributed by atoms with Crippen molar-refractivity contribution in [3.05, 3.63) is 65.5 Å². The highest BCUT2D eigenvalue weighted by Crippen LogP contribution is 2.41. The number of ether oxygens (including phenoxy) is 3. The predicted molar refractivity (Wildman–Crippen MR) is 132 cm³/mol. The molecule has 0 saturated heterocycles. The highest BCUT2D eigenvalue weighted by molar-refractivity contribution is 7.21. The first-order valence-electron chi connectivity index (χ1n) is 10.3. The van der Waals surface area contributed by atoms with Crippen molar-refractivity contribution in [1.82, 2.24) is 10.3 Å². The van der Waals surface area contributed by atoms with Gasteiger partial charge in [0.05, 0.1) is 25.0 Å². The van der Waals surface area contributed by atoms with E-state index >= 15 is 0 Å². The Balaban J connectivity index is 1.83. The standard InChI is InChI=1S/C25H25N3O4S/c1-30-17-11-9-15(10-12-17)18-13-19(16-7-5-4-6-8-16)28-25-21(18)22(26)23(33-25)24(29)27-14-20(31-2)32-3/h4-13,20H,14,26H2,1-3H3,(H,27,29). The molecule has 0 bridgehead atoms. The number of carbonyl (C=O) groups excluding carboxylic acids is 1. The van der Waals surface area contributed by atoms with Gasteiger partial charge in [-0.15, -0.1) is 11.3 Å². The predicted octanol–water partition coefficient (Wildman–Crippen LogP) is 4.57. The van der Waals surface area contributed by atoms with E-state index in [-0.39, 0.29) is 12.5 Å². The Morgan fingerprint density at radius 3 is 2.36 bits per heavy atom. The highest BCUT2D eigenvalue weighted by atomic mass is 32.1. The largest absolute Gasteiger partial charge is 0.497 e. The molecule has 170 valence electrons. The van der Waals surface area contributed by atoms with Crippen molar-refractivity contribution in [2.45, 2.75) is 6.29 Å². The van der Waals surface area contributed by atoms with E-state index in [1.807, 2.05) is 60.7 Å². The first kappa shape index (κ1) is 22.7. The Hall–Kier alpha value is -3.46. The van der Waals surface area contributed by atoms with E-state index in [1.165, 1.54) is 25.6 Å². The van der Waals surface area contributed by atoms with Gasteiger partial charge in [0.2, 0.25) is 0 Å². The van der Waals surface area contributed by atoms with Gasteiger partial charge in [-0.2, -0.15) is 0 Å². The van der Waals surface area contributed by atoms with Crippen molar-refractivity contribution in [3.8, 4) is 28.1 Å². The lowest BCUT2D eigenvalue weighted by atomic mass is 9.99. The Labute approximate surface area is 196 Å². The number of rotatable bonds is 8. The Kier molecular flexibility index (Phi) is 6.88. The quantitative estimate of drug-likeness (QED) is 0.372. The van der Waals surface area contributed by atoms with Crippen molar-refractivity contribution in [3.63, 3.8) is 0 Å². The number of amides is 1. The van der Waals surface area contributed by atoms with Crippen LogP contribution < -0.4 is 15.8 Å². The number of nitrogens with two attached hydrogens (primary N) is 1. The van der Waals surface area contributed by atoms with Crippen LogP contribution in [-0.2, 0) is 9.47 Å². The van der Waals surface area contributed by atoms with Crippen molar-refractivity contribution in [1.29, 1.82) is 0 Å². The number of nitrogens with one attached hydrogen (secondary N) is 1. The minimum Gasteiger partial charge on any atom is -0.497 e. The lowest BCUT2D eigenvalue weighted by Gasteiger charge is -2.13. The van der Waals surface area contributed by atoms with E-state index in [1.54, 1.807) is 7.11 Å². The molecule has 2 aromatic carbocycles. The summed E-state index contributed by atoms with van der Waals surface area (Å²) in [6, 6.07) is 19.7. The van der Waals surface area contributed by atoms with Crippen LogP contribution in [0.1, 0.15) is 9.67 Å². The van der Waals surface area contributed by atoms with Gasteiger partial charge in [-0.05, 0) is 29.3 Å². The number of methoxy groups -OCH3 is 3. The first-order chi connectivity index (χ1) is 16.0. The summed E-state index contributed by atoms with van der Waals surface area (Å²) in [4.78, 5) is 18.9. The van der Waals surface area contributed by atoms with Gasteiger partial charge in [-0.3, -0.25) is 4.79 Å². The molecule has 4 rings (SSSR count). The third-order valence-corrected chi connectivity index (χ3v) is 6.43. The average molecular weight is 464 g/mol. The number of fused-ring (bicyclic) bond motifs is 1. The number of aromatic nitrogens is 1. The van der Waals surface area contributed by atoms with Crippen molar-refractivity contribution >= 4 is 33.1 Å². The van der Waals surface area contributed by atoms with E-state index in [2.05, 4.69) is 5.32 Å². The molecule has 7 nitrogen and oxygen atoms in total. The van der Waals surface area contributed by atoms with Crippen LogP contribution in [0, 0.1) is 0 Å². The monoisotopic (exact) mass is 463 g/mol. The molecule has 0 aliphatic heterocycles. The summed E-state index contributed by atoms with van der Waals surface area (Å²) in [5.41, 5.74) is 10.6. The highest BCUT2D eigenvalue weighted by Gasteiger charge is 2.22. The molecule has 0 aliphatic carbocycles. The van der Waals surface area contributed by atoms with Gasteiger partial charge in [0.15, 0.2) is 6.29 Å². The normalized spacial score (nSPS) is 11.2. The van der Waals surface area contributed by atoms with Crippen LogP contribution >= 0.6 is 11.3 Å². The first-order valence-corrected chi connectivity index (χ1v) is 11.1. The van der Waals surface area contributed by atoms with E-state index in [9.17, 15) is 4.79 Å². The summed E-state index contributed by atoms with van der Waals surface area (Å²) in [5.74, 6) is 0.466. The average Bonchev–Trinajstić information content (AvgIpc) is 3.21. The Morgan fingerprint density at radius 1 is 1.03 bits per heavy atom. The lowest BCUT2D eigenvalue weighted by molar-refractivity contribution is -0.0974. The van der Waals surface area contributed by atoms with Gasteiger partial charge in [0, 0.05) is 25.2 Å². The smallest absolute Gasteiger partial charge is 0.263 e. The number of nitrogen functional groups attached to an aromatic ring is 1. The van der Waals surface area contributed by atoms with Crippen LogP contribution in [-0.4, -0.2) is 45.1 Å². The van der Waals surface area contributed by atoms with Gasteiger partial charge in [0.1, 0.15) is 15.5 Å². The van der Waals surface area contributed by atoms with E-state index < -0.39 is 6.29 Å². The summed E-state index contributed by atoms with van der Waals surface area (Å²) in [7, 11) is 4.67. The molecule has 2 heterocycles. The Morgan fingerprint density at radius 2 is 1.73 bits per heavy atom. The van der Waals surface area contributed by atoms with E-state index in [0.717, 1.165) is 33.5 Å². The van der Waals surface area contributed by atoms with Gasteiger partial charge < -0.3 is 25.3 Å². The van der Waals surface area contributed by atoms with Crippen LogP contribution in [0.2, 0.25) is 0 Å². The van der Waals surface area contributed by atoms with Crippen LogP contribution in [0.25, 0.3) is 32.6 Å². The van der Waals surface area contributed by atoms with Crippen LogP contribution in [0.15, 0.2) is 60.7 Å². The number of thiophene rings is 1. The zero-order valence-electron chi connectivity index (χ0n) is 18.6. The SMILES string of the molecule is COc1ccc(-c2cc(-c3ccccc3)nc3sc(C(=O)NCC(OC)OC)c(N)c23)cc1. The van der Waals surface area contributed by atoms with Crippen molar-refractivity contribution < 1.29 is 19.0 Å². The molecule has 4 aromatic rings. The molecule has 0 radical (unpaired) electrons. The molecule has 0 saturated carbocycles. The maximum Gasteiger partial charge on any atom is 0.263 e. The summed E-state index contributed by atoms with van der Waals surface area (Å²) in [5, 5.41) is 3.58. The molecular formula is C25H25N3O4S. The molecule has 3 N–H and O–H groups in total. The number of anilines is 1. The van der Waals surface area contributed by atoms with Gasteiger partial charge in [-0.1, -0.05) is 42.5 Å². The van der Waals surface area contributed by atoms with Crippen LogP contribution in [0.4, 0.5) is 5.69 Å². The number of carbonyl (C=O) groups is 1. The summed E-state index contributed by atoms with van der Waals surface area (Å²) < 4.78 is 15.6. The minimum absolute atomic E-state index is 0.202. The number of hydrogen-bond donors (Lipinski definition) is 2. The van der Waals surface area contributed by atoms with Crippen molar-refractivity contribution in [2.75, 3.05) is 33.6 Å². The number of pyridine rings is 1. The third-order valence-electron chi connectivity index (χ3n) is 5.33. The molecule has 2 aromatic heterocycles. The van der Waals surface area contributed by atoms with Gasteiger partial charge in [0.25, 0.3) is 5.91 Å². The van der Waals surface area contributed by atoms with Crippen molar-refractivity contribution in [2.24, 2.45) is 0 Å². The van der Waals surface area contributed by atoms with Crippen LogP contribution in [0.5, 0.6) is 5.75 Å². The second-order valence-corrected chi connectivity index (χ2v) is 8.28.